The molecule has 3 rings (SSSR count). The number of nitrogens with one attached hydrogen (secondary N) is 1. The highest BCUT2D eigenvalue weighted by molar-refractivity contribution is 5.93. The van der Waals surface area contributed by atoms with Crippen molar-refractivity contribution >= 4 is 11.7 Å². The summed E-state index contributed by atoms with van der Waals surface area (Å²) in [5, 5.41) is 2.95. The fourth-order valence-corrected chi connectivity index (χ4v) is 2.84. The van der Waals surface area contributed by atoms with Gasteiger partial charge in [0, 0.05) is 31.3 Å². The molecule has 0 atom stereocenters. The van der Waals surface area contributed by atoms with Crippen LogP contribution in [-0.2, 0) is 0 Å². The molecule has 1 amide bonds. The van der Waals surface area contributed by atoms with Gasteiger partial charge in [-0.1, -0.05) is 43.7 Å². The molecule has 0 spiro atoms. The molecule has 1 saturated heterocycles. The molecule has 2 aromatic rings. The summed E-state index contributed by atoms with van der Waals surface area (Å²) >= 11 is 0. The van der Waals surface area contributed by atoms with Crippen molar-refractivity contribution in [2.45, 2.75) is 32.6 Å². The summed E-state index contributed by atoms with van der Waals surface area (Å²) < 4.78 is 0. The van der Waals surface area contributed by atoms with E-state index in [1.54, 1.807) is 0 Å². The van der Waals surface area contributed by atoms with Crippen molar-refractivity contribution in [3.63, 3.8) is 0 Å². The summed E-state index contributed by atoms with van der Waals surface area (Å²) in [6.45, 7) is 4.76. The Balaban J connectivity index is 1.92. The van der Waals surface area contributed by atoms with Gasteiger partial charge in [0.15, 0.2) is 5.82 Å². The molecule has 0 aliphatic carbocycles. The maximum absolute atomic E-state index is 12.5. The van der Waals surface area contributed by atoms with Crippen molar-refractivity contribution in [2.24, 2.45) is 0 Å². The molecule has 1 fully saturated rings. The fourth-order valence-electron chi connectivity index (χ4n) is 2.84. The van der Waals surface area contributed by atoms with E-state index in [2.05, 4.69) is 22.1 Å². The van der Waals surface area contributed by atoms with Gasteiger partial charge in [0.1, 0.15) is 11.5 Å². The first kappa shape index (κ1) is 16.4. The van der Waals surface area contributed by atoms with E-state index in [4.69, 9.17) is 4.98 Å². The number of benzene rings is 1. The second-order valence-electron chi connectivity index (χ2n) is 6.10. The Morgan fingerprint density at radius 1 is 1.17 bits per heavy atom. The molecule has 0 saturated carbocycles. The lowest BCUT2D eigenvalue weighted by molar-refractivity contribution is 0.0948. The van der Waals surface area contributed by atoms with Crippen molar-refractivity contribution in [3.05, 3.63) is 42.1 Å². The number of carbonyl (C=O) groups is 1. The lowest BCUT2D eigenvalue weighted by Crippen LogP contribution is -2.27. The number of anilines is 1. The van der Waals surface area contributed by atoms with E-state index in [0.29, 0.717) is 18.1 Å². The second kappa shape index (κ2) is 7.90. The van der Waals surface area contributed by atoms with Crippen LogP contribution in [0, 0.1) is 0 Å². The predicted molar refractivity (Wildman–Crippen MR) is 96.2 cm³/mol. The average molecular weight is 324 g/mol. The highest BCUT2D eigenvalue weighted by Crippen LogP contribution is 2.23. The Morgan fingerprint density at radius 2 is 1.92 bits per heavy atom. The molecule has 1 N–H and O–H groups in total. The van der Waals surface area contributed by atoms with Crippen LogP contribution >= 0.6 is 0 Å². The number of amides is 1. The van der Waals surface area contributed by atoms with Crippen LogP contribution in [0.2, 0.25) is 0 Å². The minimum Gasteiger partial charge on any atom is -0.356 e. The molecule has 0 radical (unpaired) electrons. The van der Waals surface area contributed by atoms with Gasteiger partial charge >= 0.3 is 0 Å². The van der Waals surface area contributed by atoms with E-state index in [-0.39, 0.29) is 5.91 Å². The van der Waals surface area contributed by atoms with Gasteiger partial charge in [0.05, 0.1) is 0 Å². The molecule has 126 valence electrons. The van der Waals surface area contributed by atoms with Crippen LogP contribution in [0.25, 0.3) is 11.4 Å². The smallest absolute Gasteiger partial charge is 0.270 e. The van der Waals surface area contributed by atoms with Crippen LogP contribution in [0.3, 0.4) is 0 Å². The van der Waals surface area contributed by atoms with Gasteiger partial charge in [-0.3, -0.25) is 4.79 Å². The van der Waals surface area contributed by atoms with E-state index < -0.39 is 0 Å². The van der Waals surface area contributed by atoms with Crippen molar-refractivity contribution in [1.82, 2.24) is 15.3 Å². The first-order valence-corrected chi connectivity index (χ1v) is 8.75. The minimum atomic E-state index is -0.122. The number of hydrogen-bond donors (Lipinski definition) is 1. The van der Waals surface area contributed by atoms with Gasteiger partial charge in [-0.2, -0.15) is 0 Å². The molecule has 1 aliphatic heterocycles. The number of carbonyl (C=O) groups excluding carboxylic acids is 1. The van der Waals surface area contributed by atoms with Crippen molar-refractivity contribution < 1.29 is 4.79 Å². The lowest BCUT2D eigenvalue weighted by Gasteiger charge is -2.18. The maximum Gasteiger partial charge on any atom is 0.270 e. The third-order valence-electron chi connectivity index (χ3n) is 4.22. The van der Waals surface area contributed by atoms with E-state index in [1.807, 2.05) is 36.4 Å². The van der Waals surface area contributed by atoms with E-state index in [0.717, 1.165) is 37.3 Å². The summed E-state index contributed by atoms with van der Waals surface area (Å²) in [5.41, 5.74) is 1.38. The van der Waals surface area contributed by atoms with Crippen LogP contribution in [0.5, 0.6) is 0 Å². The predicted octanol–water partition coefficient (Wildman–Crippen LogP) is 3.27. The third kappa shape index (κ3) is 3.91. The highest BCUT2D eigenvalue weighted by atomic mass is 16.1. The Morgan fingerprint density at radius 3 is 2.62 bits per heavy atom. The Bertz CT molecular complexity index is 681. The van der Waals surface area contributed by atoms with Crippen LogP contribution in [0.4, 0.5) is 5.82 Å². The number of unbranched alkanes of at least 4 members (excludes halogenated alkanes) is 1. The van der Waals surface area contributed by atoms with Crippen molar-refractivity contribution in [3.8, 4) is 11.4 Å². The number of aromatic nitrogens is 2. The van der Waals surface area contributed by atoms with E-state index in [1.165, 1.54) is 12.8 Å². The van der Waals surface area contributed by atoms with Gasteiger partial charge in [-0.15, -0.1) is 0 Å². The molecule has 24 heavy (non-hydrogen) atoms. The second-order valence-corrected chi connectivity index (χ2v) is 6.10. The molecule has 1 aliphatic rings. The molecule has 2 heterocycles. The third-order valence-corrected chi connectivity index (χ3v) is 4.22. The number of nitrogens with zero attached hydrogens (tertiary/aromatic N) is 3. The largest absolute Gasteiger partial charge is 0.356 e. The summed E-state index contributed by atoms with van der Waals surface area (Å²) in [5.74, 6) is 1.34. The maximum atomic E-state index is 12.5. The Kier molecular flexibility index (Phi) is 5.41. The standard InChI is InChI=1S/C19H24N4O/c1-2-3-11-20-19(24)16-14-17(23-12-7-8-13-23)22-18(21-16)15-9-5-4-6-10-15/h4-6,9-10,14H,2-3,7-8,11-13H2,1H3,(H,20,24). The topological polar surface area (TPSA) is 58.1 Å². The van der Waals surface area contributed by atoms with Crippen LogP contribution in [-0.4, -0.2) is 35.5 Å². The normalized spacial score (nSPS) is 14.0. The summed E-state index contributed by atoms with van der Waals surface area (Å²) in [6, 6.07) is 11.7. The van der Waals surface area contributed by atoms with Crippen LogP contribution in [0.15, 0.2) is 36.4 Å². The molecular formula is C19H24N4O. The molecular weight excluding hydrogens is 300 g/mol. The zero-order chi connectivity index (χ0) is 16.8. The number of hydrogen-bond acceptors (Lipinski definition) is 4. The first-order valence-electron chi connectivity index (χ1n) is 8.75. The van der Waals surface area contributed by atoms with Gasteiger partial charge in [0.2, 0.25) is 0 Å². The molecule has 5 heteroatoms. The first-order chi connectivity index (χ1) is 11.8. The quantitative estimate of drug-likeness (QED) is 0.829. The van der Waals surface area contributed by atoms with Gasteiger partial charge in [0.25, 0.3) is 5.91 Å². The van der Waals surface area contributed by atoms with Crippen LogP contribution in [0.1, 0.15) is 43.1 Å². The van der Waals surface area contributed by atoms with Crippen molar-refractivity contribution in [2.75, 3.05) is 24.5 Å². The summed E-state index contributed by atoms with van der Waals surface area (Å²) in [7, 11) is 0. The molecule has 0 bridgehead atoms. The van der Waals surface area contributed by atoms with E-state index in [9.17, 15) is 4.79 Å². The molecule has 1 aromatic carbocycles. The Hall–Kier alpha value is -2.43. The average Bonchev–Trinajstić information content (AvgIpc) is 3.17. The number of rotatable bonds is 6. The highest BCUT2D eigenvalue weighted by Gasteiger charge is 2.18. The van der Waals surface area contributed by atoms with Gasteiger partial charge in [-0.25, -0.2) is 9.97 Å². The van der Waals surface area contributed by atoms with Crippen molar-refractivity contribution in [1.29, 1.82) is 0 Å². The summed E-state index contributed by atoms with van der Waals surface area (Å²) in [6.07, 6.45) is 4.37. The molecule has 1 aromatic heterocycles. The monoisotopic (exact) mass is 324 g/mol. The van der Waals surface area contributed by atoms with Gasteiger partial charge < -0.3 is 10.2 Å². The molecule has 0 unspecified atom stereocenters. The van der Waals surface area contributed by atoms with Crippen LogP contribution < -0.4 is 10.2 Å². The minimum absolute atomic E-state index is 0.122. The SMILES string of the molecule is CCCCNC(=O)c1cc(N2CCCC2)nc(-c2ccccc2)n1. The Labute approximate surface area is 143 Å². The molecule has 5 nitrogen and oxygen atoms in total. The zero-order valence-corrected chi connectivity index (χ0v) is 14.2. The van der Waals surface area contributed by atoms with Gasteiger partial charge in [-0.05, 0) is 19.3 Å². The lowest BCUT2D eigenvalue weighted by atomic mass is 10.2. The zero-order valence-electron chi connectivity index (χ0n) is 14.2. The fraction of sp³-hybridized carbons (Fsp3) is 0.421. The van der Waals surface area contributed by atoms with E-state index >= 15 is 0 Å². The summed E-state index contributed by atoms with van der Waals surface area (Å²) in [4.78, 5) is 23.9.